The molecule has 2 amide bonds. The number of amides is 2. The normalized spacial score (nSPS) is 19.0. The Hall–Kier alpha value is -1.70. The molecule has 2 heterocycles. The molecule has 1 unspecified atom stereocenters. The van der Waals surface area contributed by atoms with Crippen LogP contribution in [0, 0.1) is 0 Å². The molecule has 1 aromatic rings. The summed E-state index contributed by atoms with van der Waals surface area (Å²) in [5.74, 6) is -0.0998. The highest BCUT2D eigenvalue weighted by atomic mass is 32.1. The van der Waals surface area contributed by atoms with E-state index in [4.69, 9.17) is 0 Å². The van der Waals surface area contributed by atoms with E-state index in [1.807, 2.05) is 0 Å². The number of likely N-dealkylation sites (N-methyl/N-ethyl adjacent to an activating group) is 1. The number of nitrogens with zero attached hydrogens (tertiary/aromatic N) is 3. The molecule has 1 fully saturated rings. The first-order valence-electron chi connectivity index (χ1n) is 6.72. The lowest BCUT2D eigenvalue weighted by Crippen LogP contribution is -2.48. The number of carbonyl (C=O) groups is 2. The number of likely N-dealkylation sites (tertiary alicyclic amines) is 1. The van der Waals surface area contributed by atoms with Crippen LogP contribution in [0.1, 0.15) is 36.0 Å². The standard InChI is InChI=1S/C12H19N5O2S/c1-3-6-13-12-16-15-11(20-12)10(19)14-8-4-5-9(18)17(2)7-8/h8H,3-7H2,1-2H3,(H,13,16)(H,14,19). The lowest BCUT2D eigenvalue weighted by atomic mass is 10.1. The Morgan fingerprint density at radius 1 is 1.50 bits per heavy atom. The van der Waals surface area contributed by atoms with Crippen LogP contribution in [0.3, 0.4) is 0 Å². The zero-order valence-electron chi connectivity index (χ0n) is 11.7. The molecular formula is C12H19N5O2S. The Labute approximate surface area is 121 Å². The molecule has 20 heavy (non-hydrogen) atoms. The van der Waals surface area contributed by atoms with Crippen LogP contribution in [0.25, 0.3) is 0 Å². The summed E-state index contributed by atoms with van der Waals surface area (Å²) in [6.07, 6.45) is 2.14. The summed E-state index contributed by atoms with van der Waals surface area (Å²) in [5, 5.41) is 14.8. The van der Waals surface area contributed by atoms with Crippen molar-refractivity contribution in [2.75, 3.05) is 25.5 Å². The van der Waals surface area contributed by atoms with Crippen LogP contribution < -0.4 is 10.6 Å². The minimum atomic E-state index is -0.222. The van der Waals surface area contributed by atoms with Crippen molar-refractivity contribution in [1.29, 1.82) is 0 Å². The quantitative estimate of drug-likeness (QED) is 0.836. The number of nitrogens with one attached hydrogen (secondary N) is 2. The van der Waals surface area contributed by atoms with Crippen molar-refractivity contribution < 1.29 is 9.59 Å². The smallest absolute Gasteiger partial charge is 0.282 e. The van der Waals surface area contributed by atoms with Gasteiger partial charge in [0, 0.05) is 32.6 Å². The molecule has 0 aromatic carbocycles. The van der Waals surface area contributed by atoms with Gasteiger partial charge in [0.25, 0.3) is 5.91 Å². The Bertz CT molecular complexity index is 490. The molecule has 1 saturated heterocycles. The molecular weight excluding hydrogens is 278 g/mol. The monoisotopic (exact) mass is 297 g/mol. The number of piperidine rings is 1. The first-order valence-corrected chi connectivity index (χ1v) is 7.54. The molecule has 0 aliphatic carbocycles. The van der Waals surface area contributed by atoms with Crippen LogP contribution >= 0.6 is 11.3 Å². The molecule has 0 bridgehead atoms. The van der Waals surface area contributed by atoms with Crippen molar-refractivity contribution in [2.45, 2.75) is 32.2 Å². The van der Waals surface area contributed by atoms with Gasteiger partial charge in [-0.1, -0.05) is 18.3 Å². The van der Waals surface area contributed by atoms with Gasteiger partial charge in [-0.05, 0) is 12.8 Å². The summed E-state index contributed by atoms with van der Waals surface area (Å²) in [6.45, 7) is 3.42. The third-order valence-electron chi connectivity index (χ3n) is 3.11. The minimum absolute atomic E-state index is 0.0128. The van der Waals surface area contributed by atoms with Gasteiger partial charge in [0.1, 0.15) is 0 Å². The Kier molecular flexibility index (Phi) is 4.89. The van der Waals surface area contributed by atoms with E-state index < -0.39 is 0 Å². The second kappa shape index (κ2) is 6.65. The van der Waals surface area contributed by atoms with Crippen LogP contribution in [0.5, 0.6) is 0 Å². The third-order valence-corrected chi connectivity index (χ3v) is 3.99. The van der Waals surface area contributed by atoms with Gasteiger partial charge in [0.05, 0.1) is 0 Å². The van der Waals surface area contributed by atoms with E-state index in [-0.39, 0.29) is 17.9 Å². The lowest BCUT2D eigenvalue weighted by Gasteiger charge is -2.29. The maximum absolute atomic E-state index is 12.1. The van der Waals surface area contributed by atoms with Crippen molar-refractivity contribution >= 4 is 28.3 Å². The molecule has 0 spiro atoms. The molecule has 1 aliphatic rings. The van der Waals surface area contributed by atoms with Gasteiger partial charge < -0.3 is 15.5 Å². The highest BCUT2D eigenvalue weighted by Crippen LogP contribution is 2.16. The van der Waals surface area contributed by atoms with E-state index in [1.165, 1.54) is 11.3 Å². The maximum Gasteiger partial charge on any atom is 0.282 e. The van der Waals surface area contributed by atoms with E-state index in [2.05, 4.69) is 27.8 Å². The molecule has 0 radical (unpaired) electrons. The van der Waals surface area contributed by atoms with Crippen LogP contribution in [0.2, 0.25) is 0 Å². The maximum atomic E-state index is 12.1. The van der Waals surface area contributed by atoms with Crippen molar-refractivity contribution in [3.8, 4) is 0 Å². The third kappa shape index (κ3) is 3.66. The molecule has 1 aromatic heterocycles. The van der Waals surface area contributed by atoms with Gasteiger partial charge in [-0.15, -0.1) is 10.2 Å². The highest BCUT2D eigenvalue weighted by molar-refractivity contribution is 7.17. The molecule has 2 N–H and O–H groups in total. The number of hydrogen-bond acceptors (Lipinski definition) is 6. The molecule has 8 heteroatoms. The summed E-state index contributed by atoms with van der Waals surface area (Å²) >= 11 is 1.24. The first kappa shape index (κ1) is 14.7. The SMILES string of the molecule is CCCNc1nnc(C(=O)NC2CCC(=O)N(C)C2)s1. The fraction of sp³-hybridized carbons (Fsp3) is 0.667. The topological polar surface area (TPSA) is 87.2 Å². The zero-order valence-corrected chi connectivity index (χ0v) is 12.5. The number of aromatic nitrogens is 2. The predicted octanol–water partition coefficient (Wildman–Crippen LogP) is 0.711. The van der Waals surface area contributed by atoms with E-state index in [1.54, 1.807) is 11.9 Å². The van der Waals surface area contributed by atoms with Gasteiger partial charge in [0.2, 0.25) is 16.0 Å². The summed E-state index contributed by atoms with van der Waals surface area (Å²) in [5.41, 5.74) is 0. The fourth-order valence-electron chi connectivity index (χ4n) is 2.00. The summed E-state index contributed by atoms with van der Waals surface area (Å²) in [7, 11) is 1.75. The lowest BCUT2D eigenvalue weighted by molar-refractivity contribution is -0.132. The predicted molar refractivity (Wildman–Crippen MR) is 76.8 cm³/mol. The molecule has 110 valence electrons. The van der Waals surface area contributed by atoms with Crippen molar-refractivity contribution in [3.63, 3.8) is 0 Å². The highest BCUT2D eigenvalue weighted by Gasteiger charge is 2.25. The second-order valence-electron chi connectivity index (χ2n) is 4.82. The average molecular weight is 297 g/mol. The van der Waals surface area contributed by atoms with E-state index in [0.29, 0.717) is 29.5 Å². The van der Waals surface area contributed by atoms with Crippen molar-refractivity contribution in [2.24, 2.45) is 0 Å². The van der Waals surface area contributed by atoms with Crippen molar-refractivity contribution in [3.05, 3.63) is 5.01 Å². The Morgan fingerprint density at radius 3 is 3.00 bits per heavy atom. The van der Waals surface area contributed by atoms with Gasteiger partial charge >= 0.3 is 0 Å². The number of hydrogen-bond donors (Lipinski definition) is 2. The summed E-state index contributed by atoms with van der Waals surface area (Å²) in [4.78, 5) is 25.1. The number of rotatable bonds is 5. The molecule has 0 saturated carbocycles. The first-order chi connectivity index (χ1) is 9.60. The summed E-state index contributed by atoms with van der Waals surface area (Å²) < 4.78 is 0. The average Bonchev–Trinajstić information content (AvgIpc) is 2.89. The summed E-state index contributed by atoms with van der Waals surface area (Å²) in [6, 6.07) is -0.0128. The van der Waals surface area contributed by atoms with Crippen LogP contribution in [0.15, 0.2) is 0 Å². The molecule has 1 atom stereocenters. The number of anilines is 1. The Morgan fingerprint density at radius 2 is 2.30 bits per heavy atom. The molecule has 2 rings (SSSR count). The van der Waals surface area contributed by atoms with Gasteiger partial charge in [-0.3, -0.25) is 9.59 Å². The van der Waals surface area contributed by atoms with Gasteiger partial charge in [-0.2, -0.15) is 0 Å². The van der Waals surface area contributed by atoms with E-state index in [9.17, 15) is 9.59 Å². The van der Waals surface area contributed by atoms with Gasteiger partial charge in [0.15, 0.2) is 0 Å². The minimum Gasteiger partial charge on any atom is -0.360 e. The van der Waals surface area contributed by atoms with Gasteiger partial charge in [-0.25, -0.2) is 0 Å². The largest absolute Gasteiger partial charge is 0.360 e. The van der Waals surface area contributed by atoms with E-state index >= 15 is 0 Å². The Balaban J connectivity index is 1.88. The molecule has 7 nitrogen and oxygen atoms in total. The van der Waals surface area contributed by atoms with E-state index in [0.717, 1.165) is 13.0 Å². The fourth-order valence-corrected chi connectivity index (χ4v) is 2.67. The van der Waals surface area contributed by atoms with Crippen LogP contribution in [-0.4, -0.2) is 53.1 Å². The van der Waals surface area contributed by atoms with Crippen LogP contribution in [0.4, 0.5) is 5.13 Å². The second-order valence-corrected chi connectivity index (χ2v) is 5.80. The molecule has 1 aliphatic heterocycles. The zero-order chi connectivity index (χ0) is 14.5. The number of carbonyl (C=O) groups excluding carboxylic acids is 2. The van der Waals surface area contributed by atoms with Crippen LogP contribution in [-0.2, 0) is 4.79 Å². The van der Waals surface area contributed by atoms with Crippen molar-refractivity contribution in [1.82, 2.24) is 20.4 Å².